The molecule has 19 heavy (non-hydrogen) atoms. The van der Waals surface area contributed by atoms with Crippen molar-refractivity contribution in [3.63, 3.8) is 0 Å². The van der Waals surface area contributed by atoms with Crippen LogP contribution in [0.4, 0.5) is 5.82 Å². The van der Waals surface area contributed by atoms with Gasteiger partial charge in [-0.3, -0.25) is 0 Å². The summed E-state index contributed by atoms with van der Waals surface area (Å²) in [5.41, 5.74) is 0. The van der Waals surface area contributed by atoms with Gasteiger partial charge in [0.2, 0.25) is 0 Å². The average Bonchev–Trinajstić information content (AvgIpc) is 2.93. The summed E-state index contributed by atoms with van der Waals surface area (Å²) in [6.45, 7) is 2.83. The summed E-state index contributed by atoms with van der Waals surface area (Å²) in [5.74, 6) is 0.811. The molecule has 1 N–H and O–H groups in total. The number of hydrogen-bond donors (Lipinski definition) is 1. The SMILES string of the molecule is CCc1cnc(CNc2nncc3ccccc23)s1. The van der Waals surface area contributed by atoms with Crippen LogP contribution >= 0.6 is 11.3 Å². The molecule has 0 saturated carbocycles. The number of thiazole rings is 1. The number of hydrogen-bond acceptors (Lipinski definition) is 5. The highest BCUT2D eigenvalue weighted by atomic mass is 32.1. The van der Waals surface area contributed by atoms with E-state index >= 15 is 0 Å². The molecule has 1 aromatic carbocycles. The fourth-order valence-electron chi connectivity index (χ4n) is 1.91. The van der Waals surface area contributed by atoms with Crippen LogP contribution in [0.3, 0.4) is 0 Å². The summed E-state index contributed by atoms with van der Waals surface area (Å²) >= 11 is 1.74. The monoisotopic (exact) mass is 270 g/mol. The predicted molar refractivity (Wildman–Crippen MR) is 78.4 cm³/mol. The van der Waals surface area contributed by atoms with E-state index in [4.69, 9.17) is 0 Å². The fourth-order valence-corrected chi connectivity index (χ4v) is 2.71. The largest absolute Gasteiger partial charge is 0.362 e. The minimum absolute atomic E-state index is 0.688. The predicted octanol–water partition coefficient (Wildman–Crippen LogP) is 3.26. The summed E-state index contributed by atoms with van der Waals surface area (Å²) in [5, 5.41) is 14.8. The zero-order valence-electron chi connectivity index (χ0n) is 10.6. The molecule has 0 unspecified atom stereocenters. The van der Waals surface area contributed by atoms with Crippen molar-refractivity contribution in [1.29, 1.82) is 0 Å². The molecule has 0 atom stereocenters. The Kier molecular flexibility index (Phi) is 3.37. The molecule has 0 spiro atoms. The molecule has 0 aliphatic heterocycles. The maximum atomic E-state index is 4.39. The first-order valence-electron chi connectivity index (χ1n) is 6.24. The van der Waals surface area contributed by atoms with E-state index in [1.54, 1.807) is 17.5 Å². The van der Waals surface area contributed by atoms with Crippen LogP contribution in [0.15, 0.2) is 36.7 Å². The Morgan fingerprint density at radius 1 is 1.21 bits per heavy atom. The van der Waals surface area contributed by atoms with E-state index in [0.29, 0.717) is 6.54 Å². The molecule has 0 amide bonds. The molecule has 0 aliphatic carbocycles. The third-order valence-electron chi connectivity index (χ3n) is 2.93. The molecule has 0 bridgehead atoms. The second kappa shape index (κ2) is 5.32. The molecule has 0 fully saturated rings. The third-order valence-corrected chi connectivity index (χ3v) is 4.07. The third kappa shape index (κ3) is 2.56. The summed E-state index contributed by atoms with van der Waals surface area (Å²) < 4.78 is 0. The second-order valence-corrected chi connectivity index (χ2v) is 5.41. The Hall–Kier alpha value is -2.01. The van der Waals surface area contributed by atoms with Crippen LogP contribution in [0.25, 0.3) is 10.8 Å². The lowest BCUT2D eigenvalue weighted by atomic mass is 10.2. The standard InChI is InChI=1S/C14H14N4S/c1-2-11-8-15-13(19-11)9-16-14-12-6-4-3-5-10(12)7-17-18-14/h3-8H,2,9H2,1H3,(H,16,18). The first-order valence-corrected chi connectivity index (χ1v) is 7.06. The number of rotatable bonds is 4. The zero-order chi connectivity index (χ0) is 13.1. The van der Waals surface area contributed by atoms with Gasteiger partial charge in [0.1, 0.15) is 5.01 Å². The van der Waals surface area contributed by atoms with E-state index in [1.165, 1.54) is 4.88 Å². The molecule has 0 radical (unpaired) electrons. The number of nitrogens with zero attached hydrogens (tertiary/aromatic N) is 3. The lowest BCUT2D eigenvalue weighted by molar-refractivity contribution is 1.01. The van der Waals surface area contributed by atoms with E-state index in [1.807, 2.05) is 30.5 Å². The number of nitrogens with one attached hydrogen (secondary N) is 1. The first kappa shape index (κ1) is 12.0. The number of benzene rings is 1. The average molecular weight is 270 g/mol. The van der Waals surface area contributed by atoms with Crippen LogP contribution in [0.5, 0.6) is 0 Å². The van der Waals surface area contributed by atoms with Crippen molar-refractivity contribution < 1.29 is 0 Å². The highest BCUT2D eigenvalue weighted by molar-refractivity contribution is 7.11. The molecule has 0 saturated heterocycles. The van der Waals surface area contributed by atoms with Gasteiger partial charge in [-0.2, -0.15) is 5.10 Å². The van der Waals surface area contributed by atoms with E-state index in [9.17, 15) is 0 Å². The molecular formula is C14H14N4S. The van der Waals surface area contributed by atoms with Crippen LogP contribution in [0.2, 0.25) is 0 Å². The van der Waals surface area contributed by atoms with Gasteiger partial charge in [-0.1, -0.05) is 31.2 Å². The van der Waals surface area contributed by atoms with Crippen molar-refractivity contribution in [2.24, 2.45) is 0 Å². The Bertz CT molecular complexity index is 687. The number of fused-ring (bicyclic) bond motifs is 1. The first-order chi connectivity index (χ1) is 9.36. The zero-order valence-corrected chi connectivity index (χ0v) is 11.4. The lowest BCUT2D eigenvalue weighted by Gasteiger charge is -2.05. The van der Waals surface area contributed by atoms with Gasteiger partial charge in [0.15, 0.2) is 5.82 Å². The quantitative estimate of drug-likeness (QED) is 0.790. The van der Waals surface area contributed by atoms with Crippen LogP contribution in [-0.2, 0) is 13.0 Å². The number of aryl methyl sites for hydroxylation is 1. The molecule has 2 heterocycles. The molecule has 4 nitrogen and oxygen atoms in total. The highest BCUT2D eigenvalue weighted by Crippen LogP contribution is 2.20. The normalized spacial score (nSPS) is 10.8. The van der Waals surface area contributed by atoms with E-state index in [2.05, 4.69) is 27.4 Å². The van der Waals surface area contributed by atoms with Crippen LogP contribution in [0.1, 0.15) is 16.8 Å². The van der Waals surface area contributed by atoms with E-state index in [-0.39, 0.29) is 0 Å². The highest BCUT2D eigenvalue weighted by Gasteiger charge is 2.04. The molecule has 96 valence electrons. The van der Waals surface area contributed by atoms with Crippen molar-refractivity contribution in [2.75, 3.05) is 5.32 Å². The van der Waals surface area contributed by atoms with Gasteiger partial charge < -0.3 is 5.32 Å². The van der Waals surface area contributed by atoms with Gasteiger partial charge in [-0.05, 0) is 6.42 Å². The van der Waals surface area contributed by atoms with Gasteiger partial charge >= 0.3 is 0 Å². The Morgan fingerprint density at radius 3 is 2.95 bits per heavy atom. The van der Waals surface area contributed by atoms with Crippen molar-refractivity contribution in [2.45, 2.75) is 19.9 Å². The smallest absolute Gasteiger partial charge is 0.156 e. The summed E-state index contributed by atoms with van der Waals surface area (Å²) in [6.07, 6.45) is 4.75. The lowest BCUT2D eigenvalue weighted by Crippen LogP contribution is -2.02. The van der Waals surface area contributed by atoms with Gasteiger partial charge in [-0.25, -0.2) is 4.98 Å². The fraction of sp³-hybridized carbons (Fsp3) is 0.214. The summed E-state index contributed by atoms with van der Waals surface area (Å²) in [7, 11) is 0. The van der Waals surface area contributed by atoms with Crippen molar-refractivity contribution >= 4 is 27.9 Å². The van der Waals surface area contributed by atoms with E-state index in [0.717, 1.165) is 28.0 Å². The summed E-state index contributed by atoms with van der Waals surface area (Å²) in [4.78, 5) is 5.70. The summed E-state index contributed by atoms with van der Waals surface area (Å²) in [6, 6.07) is 8.09. The molecule has 0 aliphatic rings. The van der Waals surface area contributed by atoms with Crippen molar-refractivity contribution in [1.82, 2.24) is 15.2 Å². The molecule has 3 rings (SSSR count). The maximum Gasteiger partial charge on any atom is 0.156 e. The minimum atomic E-state index is 0.688. The van der Waals surface area contributed by atoms with Gasteiger partial charge in [0, 0.05) is 21.8 Å². The Morgan fingerprint density at radius 2 is 2.11 bits per heavy atom. The molecule has 5 heteroatoms. The second-order valence-electron chi connectivity index (χ2n) is 4.21. The van der Waals surface area contributed by atoms with Crippen molar-refractivity contribution in [3.05, 3.63) is 46.5 Å². The minimum Gasteiger partial charge on any atom is -0.362 e. The van der Waals surface area contributed by atoms with Gasteiger partial charge in [0.25, 0.3) is 0 Å². The van der Waals surface area contributed by atoms with Crippen molar-refractivity contribution in [3.8, 4) is 0 Å². The van der Waals surface area contributed by atoms with Crippen LogP contribution < -0.4 is 5.32 Å². The molecular weight excluding hydrogens is 256 g/mol. The maximum absolute atomic E-state index is 4.39. The Balaban J connectivity index is 1.81. The molecule has 2 aromatic heterocycles. The van der Waals surface area contributed by atoms with Gasteiger partial charge in [0.05, 0.1) is 12.7 Å². The van der Waals surface area contributed by atoms with E-state index < -0.39 is 0 Å². The topological polar surface area (TPSA) is 50.7 Å². The number of aromatic nitrogens is 3. The molecule has 3 aromatic rings. The Labute approximate surface area is 115 Å². The van der Waals surface area contributed by atoms with Crippen LogP contribution in [0, 0.1) is 0 Å². The van der Waals surface area contributed by atoms with Gasteiger partial charge in [-0.15, -0.1) is 16.4 Å². The number of anilines is 1. The van der Waals surface area contributed by atoms with Crippen LogP contribution in [-0.4, -0.2) is 15.2 Å².